The zero-order valence-corrected chi connectivity index (χ0v) is 10.8. The fourth-order valence-electron chi connectivity index (χ4n) is 2.82. The molecule has 1 spiro atoms. The van der Waals surface area contributed by atoms with E-state index < -0.39 is 5.97 Å². The number of amides is 1. The number of nitrogens with one attached hydrogen (secondary N) is 1. The van der Waals surface area contributed by atoms with Crippen molar-refractivity contribution in [1.29, 1.82) is 0 Å². The third kappa shape index (κ3) is 1.90. The molecule has 0 atom stereocenters. The molecule has 5 heteroatoms. The zero-order chi connectivity index (χ0) is 13.5. The van der Waals surface area contributed by atoms with Crippen LogP contribution in [0.2, 0.25) is 0 Å². The molecule has 0 aliphatic carbocycles. The van der Waals surface area contributed by atoms with Crippen LogP contribution in [-0.2, 0) is 9.53 Å². The van der Waals surface area contributed by atoms with E-state index in [-0.39, 0.29) is 11.3 Å². The van der Waals surface area contributed by atoms with Crippen LogP contribution in [0.4, 0.5) is 5.69 Å². The normalized spacial score (nSPS) is 20.5. The van der Waals surface area contributed by atoms with Gasteiger partial charge in [-0.3, -0.25) is 4.79 Å². The van der Waals surface area contributed by atoms with Crippen molar-refractivity contribution in [2.24, 2.45) is 5.41 Å². The average Bonchev–Trinajstić information content (AvgIpc) is 2.76. The van der Waals surface area contributed by atoms with Crippen molar-refractivity contribution >= 4 is 17.6 Å². The van der Waals surface area contributed by atoms with E-state index >= 15 is 0 Å². The Morgan fingerprint density at radius 2 is 2.11 bits per heavy atom. The molecule has 2 fully saturated rings. The molecule has 1 aromatic carbocycles. The number of ether oxygens (including phenoxy) is 1. The fraction of sp³-hybridized carbons (Fsp3) is 0.429. The fourth-order valence-corrected chi connectivity index (χ4v) is 2.82. The SMILES string of the molecule is COC(=O)c1ccccc1N1CC2(CNC2)CC1=O. The van der Waals surface area contributed by atoms with E-state index in [0.29, 0.717) is 24.2 Å². The Morgan fingerprint density at radius 3 is 2.68 bits per heavy atom. The lowest BCUT2D eigenvalue weighted by atomic mass is 9.81. The van der Waals surface area contributed by atoms with Crippen LogP contribution in [-0.4, -0.2) is 38.6 Å². The topological polar surface area (TPSA) is 58.6 Å². The molecule has 2 heterocycles. The molecule has 2 aliphatic rings. The first kappa shape index (κ1) is 12.2. The number of methoxy groups -OCH3 is 1. The Balaban J connectivity index is 1.94. The van der Waals surface area contributed by atoms with Gasteiger partial charge in [-0.15, -0.1) is 0 Å². The van der Waals surface area contributed by atoms with Crippen LogP contribution in [0.3, 0.4) is 0 Å². The number of rotatable bonds is 2. The highest BCUT2D eigenvalue weighted by Crippen LogP contribution is 2.38. The Labute approximate surface area is 111 Å². The van der Waals surface area contributed by atoms with Gasteiger partial charge in [-0.1, -0.05) is 12.1 Å². The molecule has 0 saturated carbocycles. The summed E-state index contributed by atoms with van der Waals surface area (Å²) in [4.78, 5) is 25.7. The number of para-hydroxylation sites is 1. The van der Waals surface area contributed by atoms with Crippen molar-refractivity contribution in [3.05, 3.63) is 29.8 Å². The molecule has 1 N–H and O–H groups in total. The van der Waals surface area contributed by atoms with Crippen LogP contribution < -0.4 is 10.2 Å². The number of benzene rings is 1. The molecular weight excluding hydrogens is 244 g/mol. The predicted octanol–water partition coefficient (Wildman–Crippen LogP) is 0.799. The maximum Gasteiger partial charge on any atom is 0.339 e. The van der Waals surface area contributed by atoms with Gasteiger partial charge in [-0.2, -0.15) is 0 Å². The minimum absolute atomic E-state index is 0.0559. The van der Waals surface area contributed by atoms with Gasteiger partial charge in [-0.25, -0.2) is 4.79 Å². The van der Waals surface area contributed by atoms with Crippen LogP contribution in [0.5, 0.6) is 0 Å². The summed E-state index contributed by atoms with van der Waals surface area (Å²) in [7, 11) is 1.35. The van der Waals surface area contributed by atoms with E-state index in [4.69, 9.17) is 4.74 Å². The molecule has 3 rings (SSSR count). The summed E-state index contributed by atoms with van der Waals surface area (Å²) >= 11 is 0. The van der Waals surface area contributed by atoms with Gasteiger partial charge in [0.15, 0.2) is 0 Å². The van der Waals surface area contributed by atoms with Gasteiger partial charge in [0.2, 0.25) is 5.91 Å². The zero-order valence-electron chi connectivity index (χ0n) is 10.8. The van der Waals surface area contributed by atoms with Crippen molar-refractivity contribution in [1.82, 2.24) is 5.32 Å². The number of anilines is 1. The highest BCUT2D eigenvalue weighted by atomic mass is 16.5. The van der Waals surface area contributed by atoms with E-state index in [0.717, 1.165) is 13.1 Å². The van der Waals surface area contributed by atoms with Crippen molar-refractivity contribution < 1.29 is 14.3 Å². The number of hydrogen-bond donors (Lipinski definition) is 1. The first-order chi connectivity index (χ1) is 9.15. The molecule has 2 aliphatic heterocycles. The average molecular weight is 260 g/mol. The van der Waals surface area contributed by atoms with E-state index in [1.165, 1.54) is 7.11 Å². The maximum atomic E-state index is 12.2. The summed E-state index contributed by atoms with van der Waals surface area (Å²) in [5.41, 5.74) is 1.16. The van der Waals surface area contributed by atoms with Gasteiger partial charge in [0, 0.05) is 31.5 Å². The van der Waals surface area contributed by atoms with Crippen LogP contribution in [0.25, 0.3) is 0 Å². The quantitative estimate of drug-likeness (QED) is 0.799. The molecule has 0 radical (unpaired) electrons. The van der Waals surface area contributed by atoms with E-state index in [2.05, 4.69) is 5.32 Å². The number of hydrogen-bond acceptors (Lipinski definition) is 4. The molecular formula is C14H16N2O3. The second-order valence-corrected chi connectivity index (χ2v) is 5.27. The maximum absolute atomic E-state index is 12.2. The lowest BCUT2D eigenvalue weighted by Crippen LogP contribution is -2.54. The lowest BCUT2D eigenvalue weighted by Gasteiger charge is -2.38. The molecule has 1 amide bonds. The summed E-state index contributed by atoms with van der Waals surface area (Å²) in [5.74, 6) is -0.325. The minimum atomic E-state index is -0.406. The Kier molecular flexibility index (Phi) is 2.78. The van der Waals surface area contributed by atoms with Crippen molar-refractivity contribution in [3.63, 3.8) is 0 Å². The number of carbonyl (C=O) groups excluding carboxylic acids is 2. The molecule has 5 nitrogen and oxygen atoms in total. The second kappa shape index (κ2) is 4.35. The van der Waals surface area contributed by atoms with Gasteiger partial charge in [-0.05, 0) is 12.1 Å². The van der Waals surface area contributed by atoms with Crippen LogP contribution in [0.1, 0.15) is 16.8 Å². The van der Waals surface area contributed by atoms with Gasteiger partial charge in [0.05, 0.1) is 18.4 Å². The summed E-state index contributed by atoms with van der Waals surface area (Å²) in [6.07, 6.45) is 0.551. The highest BCUT2D eigenvalue weighted by molar-refractivity contribution is 6.04. The van der Waals surface area contributed by atoms with E-state index in [9.17, 15) is 9.59 Å². The molecule has 0 bridgehead atoms. The van der Waals surface area contributed by atoms with Gasteiger partial charge in [0.25, 0.3) is 0 Å². The van der Waals surface area contributed by atoms with E-state index in [1.807, 2.05) is 6.07 Å². The predicted molar refractivity (Wildman–Crippen MR) is 70.1 cm³/mol. The minimum Gasteiger partial charge on any atom is -0.465 e. The van der Waals surface area contributed by atoms with Crippen molar-refractivity contribution in [2.45, 2.75) is 6.42 Å². The molecule has 100 valence electrons. The third-order valence-electron chi connectivity index (χ3n) is 3.92. The molecule has 0 unspecified atom stereocenters. The number of esters is 1. The molecule has 1 aromatic rings. The van der Waals surface area contributed by atoms with Crippen LogP contribution >= 0.6 is 0 Å². The lowest BCUT2D eigenvalue weighted by molar-refractivity contribution is -0.118. The molecule has 19 heavy (non-hydrogen) atoms. The summed E-state index contributed by atoms with van der Waals surface area (Å²) in [5, 5.41) is 3.21. The summed E-state index contributed by atoms with van der Waals surface area (Å²) in [6.45, 7) is 2.41. The standard InChI is InChI=1S/C14H16N2O3/c1-19-13(18)10-4-2-3-5-11(10)16-9-14(6-12(16)17)7-15-8-14/h2-5,15H,6-9H2,1H3. The van der Waals surface area contributed by atoms with Crippen molar-refractivity contribution in [3.8, 4) is 0 Å². The number of carbonyl (C=O) groups is 2. The Hall–Kier alpha value is -1.88. The van der Waals surface area contributed by atoms with Gasteiger partial charge < -0.3 is 15.0 Å². The third-order valence-corrected chi connectivity index (χ3v) is 3.92. The Bertz CT molecular complexity index is 537. The van der Waals surface area contributed by atoms with Gasteiger partial charge >= 0.3 is 5.97 Å². The largest absolute Gasteiger partial charge is 0.465 e. The van der Waals surface area contributed by atoms with Crippen LogP contribution in [0, 0.1) is 5.41 Å². The van der Waals surface area contributed by atoms with Crippen molar-refractivity contribution in [2.75, 3.05) is 31.6 Å². The first-order valence-electron chi connectivity index (χ1n) is 6.34. The second-order valence-electron chi connectivity index (χ2n) is 5.27. The first-order valence-corrected chi connectivity index (χ1v) is 6.34. The summed E-state index contributed by atoms with van der Waals surface area (Å²) < 4.78 is 4.77. The monoisotopic (exact) mass is 260 g/mol. The summed E-state index contributed by atoms with van der Waals surface area (Å²) in [6, 6.07) is 7.10. The highest BCUT2D eigenvalue weighted by Gasteiger charge is 2.48. The van der Waals surface area contributed by atoms with Gasteiger partial charge in [0.1, 0.15) is 0 Å². The molecule has 0 aromatic heterocycles. The van der Waals surface area contributed by atoms with Crippen LogP contribution in [0.15, 0.2) is 24.3 Å². The smallest absolute Gasteiger partial charge is 0.339 e. The Morgan fingerprint density at radius 1 is 1.37 bits per heavy atom. The number of nitrogens with zero attached hydrogens (tertiary/aromatic N) is 1. The van der Waals surface area contributed by atoms with E-state index in [1.54, 1.807) is 23.1 Å². The molecule has 2 saturated heterocycles.